The van der Waals surface area contributed by atoms with Crippen LogP contribution in [0.25, 0.3) is 0 Å². The fraction of sp³-hybridized carbons (Fsp3) is 0.417. The molecule has 1 heterocycles. The van der Waals surface area contributed by atoms with Crippen molar-refractivity contribution in [3.63, 3.8) is 0 Å². The van der Waals surface area contributed by atoms with Crippen molar-refractivity contribution in [2.45, 2.75) is 17.4 Å². The molecule has 0 aromatic heterocycles. The summed E-state index contributed by atoms with van der Waals surface area (Å²) in [7, 11) is -4.31. The van der Waals surface area contributed by atoms with Gasteiger partial charge >= 0.3 is 6.36 Å². The molecular formula is C12H13F3N2O5S. The number of carbonyl (C=O) groups is 1. The minimum atomic E-state index is -5.04. The van der Waals surface area contributed by atoms with Gasteiger partial charge in [0.2, 0.25) is 15.9 Å². The number of benzene rings is 1. The predicted molar refractivity (Wildman–Crippen MR) is 70.8 cm³/mol. The summed E-state index contributed by atoms with van der Waals surface area (Å²) in [6.45, 7) is -0.598. The van der Waals surface area contributed by atoms with E-state index in [1.165, 1.54) is 12.1 Å². The third-order valence-corrected chi connectivity index (χ3v) is 4.94. The Morgan fingerprint density at radius 2 is 2.00 bits per heavy atom. The number of nitrogens with zero attached hydrogens (tertiary/aromatic N) is 1. The minimum absolute atomic E-state index is 0.102. The van der Waals surface area contributed by atoms with Crippen molar-refractivity contribution < 1.29 is 35.9 Å². The van der Waals surface area contributed by atoms with Gasteiger partial charge in [0, 0.05) is 13.1 Å². The number of morpholine rings is 1. The summed E-state index contributed by atoms with van der Waals surface area (Å²) in [6.07, 6.45) is -6.19. The number of halogens is 3. The third kappa shape index (κ3) is 4.12. The molecule has 7 nitrogen and oxygen atoms in total. The fourth-order valence-electron chi connectivity index (χ4n) is 2.03. The first kappa shape index (κ1) is 17.5. The summed E-state index contributed by atoms with van der Waals surface area (Å²) in [5, 5.41) is 0. The quantitative estimate of drug-likeness (QED) is 0.847. The molecule has 1 atom stereocenters. The molecule has 2 N–H and O–H groups in total. The van der Waals surface area contributed by atoms with Crippen LogP contribution >= 0.6 is 0 Å². The maximum absolute atomic E-state index is 12.5. The molecule has 1 fully saturated rings. The molecule has 2 rings (SSSR count). The maximum atomic E-state index is 12.5. The van der Waals surface area contributed by atoms with Gasteiger partial charge in [-0.2, -0.15) is 4.31 Å². The number of sulfonamides is 1. The van der Waals surface area contributed by atoms with E-state index in [9.17, 15) is 26.4 Å². The van der Waals surface area contributed by atoms with Gasteiger partial charge in [0.1, 0.15) is 16.7 Å². The topological polar surface area (TPSA) is 98.9 Å². The monoisotopic (exact) mass is 354 g/mol. The third-order valence-electron chi connectivity index (χ3n) is 3.04. The molecule has 1 aliphatic rings. The molecule has 128 valence electrons. The molecule has 0 saturated carbocycles. The van der Waals surface area contributed by atoms with Gasteiger partial charge in [-0.15, -0.1) is 13.2 Å². The minimum Gasteiger partial charge on any atom is -0.404 e. The van der Waals surface area contributed by atoms with Gasteiger partial charge < -0.3 is 15.2 Å². The highest BCUT2D eigenvalue weighted by Crippen LogP contribution is 2.31. The van der Waals surface area contributed by atoms with Gasteiger partial charge in [0.05, 0.1) is 6.61 Å². The zero-order valence-electron chi connectivity index (χ0n) is 11.6. The highest BCUT2D eigenvalue weighted by molar-refractivity contribution is 7.89. The number of hydrogen-bond donors (Lipinski definition) is 1. The van der Waals surface area contributed by atoms with E-state index in [0.29, 0.717) is 0 Å². The van der Waals surface area contributed by atoms with Crippen LogP contribution in [0.4, 0.5) is 13.2 Å². The summed E-state index contributed by atoms with van der Waals surface area (Å²) in [5.74, 6) is -1.70. The number of ether oxygens (including phenoxy) is 2. The largest absolute Gasteiger partial charge is 0.573 e. The standard InChI is InChI=1S/C12H13F3N2O5S/c13-12(14,15)22-8-3-1-2-4-10(8)23(19,20)17-5-6-21-9(7-17)11(16)18/h1-4,9H,5-7H2,(H2,16,18)/t9-/m0/s1. The molecule has 0 radical (unpaired) electrons. The molecule has 0 bridgehead atoms. The molecule has 1 aromatic carbocycles. The maximum Gasteiger partial charge on any atom is 0.573 e. The number of para-hydroxylation sites is 1. The van der Waals surface area contributed by atoms with Crippen LogP contribution in [-0.4, -0.2) is 50.8 Å². The van der Waals surface area contributed by atoms with E-state index in [1.54, 1.807) is 0 Å². The van der Waals surface area contributed by atoms with Gasteiger partial charge in [0.25, 0.3) is 0 Å². The molecule has 0 aliphatic carbocycles. The van der Waals surface area contributed by atoms with E-state index in [0.717, 1.165) is 16.4 Å². The normalized spacial score (nSPS) is 20.2. The van der Waals surface area contributed by atoms with Crippen LogP contribution in [0.15, 0.2) is 29.2 Å². The Hall–Kier alpha value is -1.85. The average molecular weight is 354 g/mol. The van der Waals surface area contributed by atoms with E-state index in [-0.39, 0.29) is 19.7 Å². The number of rotatable bonds is 4. The van der Waals surface area contributed by atoms with E-state index in [4.69, 9.17) is 10.5 Å². The zero-order chi connectivity index (χ0) is 17.3. The molecule has 1 saturated heterocycles. The molecule has 1 aliphatic heterocycles. The van der Waals surface area contributed by atoms with E-state index < -0.39 is 39.0 Å². The second-order valence-electron chi connectivity index (χ2n) is 4.62. The molecule has 0 unspecified atom stereocenters. The number of primary amides is 1. The lowest BCUT2D eigenvalue weighted by molar-refractivity contribution is -0.275. The van der Waals surface area contributed by atoms with Crippen molar-refractivity contribution in [1.29, 1.82) is 0 Å². The van der Waals surface area contributed by atoms with Crippen LogP contribution in [0, 0.1) is 0 Å². The van der Waals surface area contributed by atoms with E-state index >= 15 is 0 Å². The lowest BCUT2D eigenvalue weighted by atomic mass is 10.3. The van der Waals surface area contributed by atoms with E-state index in [1.807, 2.05) is 0 Å². The average Bonchev–Trinajstić information content (AvgIpc) is 2.46. The van der Waals surface area contributed by atoms with Crippen LogP contribution < -0.4 is 10.5 Å². The number of hydrogen-bond acceptors (Lipinski definition) is 5. The number of alkyl halides is 3. The van der Waals surface area contributed by atoms with Crippen LogP contribution in [0.5, 0.6) is 5.75 Å². The van der Waals surface area contributed by atoms with Gasteiger partial charge in [-0.05, 0) is 12.1 Å². The Balaban J connectivity index is 2.35. The van der Waals surface area contributed by atoms with Gasteiger partial charge in [0.15, 0.2) is 0 Å². The predicted octanol–water partition coefficient (Wildman–Crippen LogP) is 0.460. The Kier molecular flexibility index (Phi) is 4.82. The number of nitrogens with two attached hydrogens (primary N) is 1. The van der Waals surface area contributed by atoms with Crippen molar-refractivity contribution in [2.75, 3.05) is 19.7 Å². The van der Waals surface area contributed by atoms with Crippen molar-refractivity contribution in [3.8, 4) is 5.75 Å². The van der Waals surface area contributed by atoms with Crippen LogP contribution in [0.2, 0.25) is 0 Å². The number of amides is 1. The lowest BCUT2D eigenvalue weighted by Gasteiger charge is -2.30. The summed E-state index contributed by atoms with van der Waals surface area (Å²) in [4.78, 5) is 10.5. The second-order valence-corrected chi connectivity index (χ2v) is 6.53. The SMILES string of the molecule is NC(=O)[C@@H]1CN(S(=O)(=O)c2ccccc2OC(F)(F)F)CCO1. The van der Waals surface area contributed by atoms with Gasteiger partial charge in [-0.25, -0.2) is 8.42 Å². The molecule has 0 spiro atoms. The Morgan fingerprint density at radius 3 is 2.61 bits per heavy atom. The second kappa shape index (κ2) is 6.34. The van der Waals surface area contributed by atoms with Crippen molar-refractivity contribution >= 4 is 15.9 Å². The zero-order valence-corrected chi connectivity index (χ0v) is 12.4. The first-order chi connectivity index (χ1) is 10.6. The highest BCUT2D eigenvalue weighted by Gasteiger charge is 2.38. The van der Waals surface area contributed by atoms with Gasteiger partial charge in [-0.3, -0.25) is 4.79 Å². The molecular weight excluding hydrogens is 341 g/mol. The van der Waals surface area contributed by atoms with Crippen molar-refractivity contribution in [2.24, 2.45) is 5.73 Å². The molecule has 1 amide bonds. The fourth-order valence-corrected chi connectivity index (χ4v) is 3.57. The van der Waals surface area contributed by atoms with Crippen LogP contribution in [-0.2, 0) is 19.6 Å². The first-order valence-electron chi connectivity index (χ1n) is 6.37. The van der Waals surface area contributed by atoms with Gasteiger partial charge in [-0.1, -0.05) is 12.1 Å². The van der Waals surface area contributed by atoms with Crippen LogP contribution in [0.3, 0.4) is 0 Å². The van der Waals surface area contributed by atoms with Crippen LogP contribution in [0.1, 0.15) is 0 Å². The van der Waals surface area contributed by atoms with Crippen molar-refractivity contribution in [3.05, 3.63) is 24.3 Å². The Labute approximate surface area is 129 Å². The van der Waals surface area contributed by atoms with Crippen molar-refractivity contribution in [1.82, 2.24) is 4.31 Å². The Morgan fingerprint density at radius 1 is 1.35 bits per heavy atom. The molecule has 23 heavy (non-hydrogen) atoms. The summed E-state index contributed by atoms with van der Waals surface area (Å²) >= 11 is 0. The highest BCUT2D eigenvalue weighted by atomic mass is 32.2. The summed E-state index contributed by atoms with van der Waals surface area (Å²) in [5.41, 5.74) is 5.07. The van der Waals surface area contributed by atoms with E-state index in [2.05, 4.69) is 4.74 Å². The first-order valence-corrected chi connectivity index (χ1v) is 7.81. The molecule has 11 heteroatoms. The number of carbonyl (C=O) groups excluding carboxylic acids is 1. The lowest BCUT2D eigenvalue weighted by Crippen LogP contribution is -2.50. The Bertz CT molecular complexity index is 692. The smallest absolute Gasteiger partial charge is 0.404 e. The molecule has 1 aromatic rings. The summed E-state index contributed by atoms with van der Waals surface area (Å²) in [6, 6.07) is 4.37. The summed E-state index contributed by atoms with van der Waals surface area (Å²) < 4.78 is 71.9.